The molecule has 0 aromatic heterocycles. The van der Waals surface area contributed by atoms with Crippen LogP contribution in [0.5, 0.6) is 0 Å². The fourth-order valence-corrected chi connectivity index (χ4v) is 3.15. The molecule has 0 aliphatic carbocycles. The molecule has 126 valence electrons. The molecule has 4 amide bonds. The zero-order chi connectivity index (χ0) is 17.8. The van der Waals surface area contributed by atoms with E-state index < -0.39 is 0 Å². The summed E-state index contributed by atoms with van der Waals surface area (Å²) >= 11 is 0. The summed E-state index contributed by atoms with van der Waals surface area (Å²) in [6, 6.07) is 6.41. The standard InChI is InChI=1S/C18H20N2O4/c1-9-10(2)16(22)19(15(9)21)13-5-7-14(8-6-13)20-17(23)11(3)12(4)18(20)24/h5-12H,1-4H3. The monoisotopic (exact) mass is 328 g/mol. The minimum absolute atomic E-state index is 0.226. The highest BCUT2D eigenvalue weighted by Gasteiger charge is 2.44. The van der Waals surface area contributed by atoms with E-state index in [1.165, 1.54) is 9.80 Å². The predicted molar refractivity (Wildman–Crippen MR) is 88.1 cm³/mol. The summed E-state index contributed by atoms with van der Waals surface area (Å²) in [6.07, 6.45) is 0. The van der Waals surface area contributed by atoms with Crippen LogP contribution in [0.15, 0.2) is 24.3 Å². The SMILES string of the molecule is CC1C(=O)N(c2ccc(N3C(=O)C(C)C(C)C3=O)cc2)C(=O)C1C. The van der Waals surface area contributed by atoms with Crippen LogP contribution in [-0.4, -0.2) is 23.6 Å². The molecule has 0 saturated carbocycles. The van der Waals surface area contributed by atoms with Gasteiger partial charge in [0.05, 0.1) is 11.4 Å². The van der Waals surface area contributed by atoms with Gasteiger partial charge >= 0.3 is 0 Å². The quantitative estimate of drug-likeness (QED) is 0.778. The highest BCUT2D eigenvalue weighted by atomic mass is 16.2. The van der Waals surface area contributed by atoms with Crippen molar-refractivity contribution < 1.29 is 19.2 Å². The normalized spacial score (nSPS) is 30.7. The zero-order valence-corrected chi connectivity index (χ0v) is 14.1. The number of amides is 4. The molecular weight excluding hydrogens is 308 g/mol. The van der Waals surface area contributed by atoms with Crippen LogP contribution in [0.1, 0.15) is 27.7 Å². The first-order chi connectivity index (χ1) is 11.3. The number of hydrogen-bond donors (Lipinski definition) is 0. The number of imide groups is 2. The van der Waals surface area contributed by atoms with Gasteiger partial charge < -0.3 is 0 Å². The molecule has 4 unspecified atom stereocenters. The number of hydrogen-bond acceptors (Lipinski definition) is 4. The third-order valence-electron chi connectivity index (χ3n) is 5.31. The Labute approximate surface area is 140 Å². The van der Waals surface area contributed by atoms with Crippen molar-refractivity contribution in [2.24, 2.45) is 23.7 Å². The lowest BCUT2D eigenvalue weighted by Gasteiger charge is -2.18. The fraction of sp³-hybridized carbons (Fsp3) is 0.444. The molecule has 0 spiro atoms. The number of nitrogens with zero attached hydrogens (tertiary/aromatic N) is 2. The van der Waals surface area contributed by atoms with Gasteiger partial charge in [0.1, 0.15) is 0 Å². The molecule has 2 heterocycles. The summed E-state index contributed by atoms with van der Waals surface area (Å²) in [6.45, 7) is 6.96. The first kappa shape index (κ1) is 16.4. The van der Waals surface area contributed by atoms with Crippen LogP contribution in [0.3, 0.4) is 0 Å². The smallest absolute Gasteiger partial charge is 0.237 e. The van der Waals surface area contributed by atoms with E-state index in [0.717, 1.165) is 0 Å². The van der Waals surface area contributed by atoms with Crippen LogP contribution < -0.4 is 9.80 Å². The van der Waals surface area contributed by atoms with Crippen molar-refractivity contribution in [1.82, 2.24) is 0 Å². The maximum Gasteiger partial charge on any atom is 0.237 e. The molecule has 1 aromatic rings. The highest BCUT2D eigenvalue weighted by Crippen LogP contribution is 2.34. The molecule has 3 rings (SSSR count). The van der Waals surface area contributed by atoms with E-state index in [9.17, 15) is 19.2 Å². The molecule has 6 heteroatoms. The van der Waals surface area contributed by atoms with Gasteiger partial charge in [0.2, 0.25) is 23.6 Å². The zero-order valence-electron chi connectivity index (χ0n) is 14.1. The van der Waals surface area contributed by atoms with Crippen molar-refractivity contribution in [3.8, 4) is 0 Å². The number of benzene rings is 1. The summed E-state index contributed by atoms with van der Waals surface area (Å²) in [5.74, 6) is -2.29. The molecule has 0 radical (unpaired) electrons. The van der Waals surface area contributed by atoms with E-state index in [1.54, 1.807) is 52.0 Å². The van der Waals surface area contributed by atoms with E-state index >= 15 is 0 Å². The Morgan fingerprint density at radius 1 is 0.542 bits per heavy atom. The summed E-state index contributed by atoms with van der Waals surface area (Å²) in [4.78, 5) is 51.3. The third kappa shape index (κ3) is 2.17. The molecule has 24 heavy (non-hydrogen) atoms. The van der Waals surface area contributed by atoms with Crippen LogP contribution in [0.4, 0.5) is 11.4 Å². The van der Waals surface area contributed by atoms with Crippen molar-refractivity contribution in [3.05, 3.63) is 24.3 Å². The van der Waals surface area contributed by atoms with Crippen molar-refractivity contribution >= 4 is 35.0 Å². The molecule has 1 aromatic carbocycles. The minimum Gasteiger partial charge on any atom is -0.274 e. The summed E-state index contributed by atoms with van der Waals surface area (Å²) in [5.41, 5.74) is 0.926. The Kier molecular flexibility index (Phi) is 3.78. The Balaban J connectivity index is 1.90. The van der Waals surface area contributed by atoms with Crippen molar-refractivity contribution in [2.75, 3.05) is 9.80 Å². The van der Waals surface area contributed by atoms with Gasteiger partial charge in [-0.05, 0) is 24.3 Å². The van der Waals surface area contributed by atoms with Crippen molar-refractivity contribution in [2.45, 2.75) is 27.7 Å². The lowest BCUT2D eigenvalue weighted by atomic mass is 10.00. The Morgan fingerprint density at radius 3 is 0.958 bits per heavy atom. The topological polar surface area (TPSA) is 74.8 Å². The summed E-state index contributed by atoms with van der Waals surface area (Å²) in [7, 11) is 0. The van der Waals surface area contributed by atoms with E-state index in [-0.39, 0.29) is 47.3 Å². The molecule has 0 bridgehead atoms. The first-order valence-electron chi connectivity index (χ1n) is 8.11. The Hall–Kier alpha value is -2.50. The Bertz CT molecular complexity index is 637. The van der Waals surface area contributed by atoms with E-state index in [0.29, 0.717) is 11.4 Å². The average Bonchev–Trinajstić information content (AvgIpc) is 2.88. The summed E-state index contributed by atoms with van der Waals surface area (Å²) < 4.78 is 0. The van der Waals surface area contributed by atoms with Gasteiger partial charge in [0, 0.05) is 23.7 Å². The number of carbonyl (C=O) groups excluding carboxylic acids is 4. The van der Waals surface area contributed by atoms with Crippen LogP contribution in [0.2, 0.25) is 0 Å². The molecule has 2 saturated heterocycles. The van der Waals surface area contributed by atoms with Gasteiger partial charge in [-0.25, -0.2) is 0 Å². The molecule has 2 aliphatic rings. The van der Waals surface area contributed by atoms with Crippen LogP contribution in [0, 0.1) is 23.7 Å². The lowest BCUT2D eigenvalue weighted by Crippen LogP contribution is -2.32. The lowest BCUT2D eigenvalue weighted by molar-refractivity contribution is -0.124. The second kappa shape index (κ2) is 5.54. The maximum atomic E-state index is 12.2. The van der Waals surface area contributed by atoms with Gasteiger partial charge in [-0.2, -0.15) is 0 Å². The van der Waals surface area contributed by atoms with E-state index in [2.05, 4.69) is 0 Å². The number of carbonyl (C=O) groups is 4. The molecule has 0 N–H and O–H groups in total. The second-order valence-electron chi connectivity index (χ2n) is 6.69. The highest BCUT2D eigenvalue weighted by molar-refractivity contribution is 6.23. The first-order valence-corrected chi connectivity index (χ1v) is 8.11. The van der Waals surface area contributed by atoms with Gasteiger partial charge in [-0.15, -0.1) is 0 Å². The summed E-state index contributed by atoms with van der Waals surface area (Å²) in [5, 5.41) is 0. The molecule has 2 aliphatic heterocycles. The van der Waals surface area contributed by atoms with Crippen molar-refractivity contribution in [3.63, 3.8) is 0 Å². The fourth-order valence-electron chi connectivity index (χ4n) is 3.15. The molecule has 2 fully saturated rings. The predicted octanol–water partition coefficient (Wildman–Crippen LogP) is 1.98. The second-order valence-corrected chi connectivity index (χ2v) is 6.69. The third-order valence-corrected chi connectivity index (χ3v) is 5.31. The van der Waals surface area contributed by atoms with E-state index in [1.807, 2.05) is 0 Å². The average molecular weight is 328 g/mol. The molecule has 6 nitrogen and oxygen atoms in total. The largest absolute Gasteiger partial charge is 0.274 e. The van der Waals surface area contributed by atoms with Crippen LogP contribution in [0.25, 0.3) is 0 Å². The minimum atomic E-state index is -0.347. The van der Waals surface area contributed by atoms with Gasteiger partial charge in [-0.1, -0.05) is 27.7 Å². The molecular formula is C18H20N2O4. The Morgan fingerprint density at radius 2 is 0.750 bits per heavy atom. The number of anilines is 2. The van der Waals surface area contributed by atoms with Gasteiger partial charge in [-0.3, -0.25) is 29.0 Å². The van der Waals surface area contributed by atoms with Crippen LogP contribution in [-0.2, 0) is 19.2 Å². The molecule has 4 atom stereocenters. The number of rotatable bonds is 2. The van der Waals surface area contributed by atoms with E-state index in [4.69, 9.17) is 0 Å². The van der Waals surface area contributed by atoms with Gasteiger partial charge in [0.25, 0.3) is 0 Å². The van der Waals surface area contributed by atoms with Crippen molar-refractivity contribution in [1.29, 1.82) is 0 Å². The van der Waals surface area contributed by atoms with Gasteiger partial charge in [0.15, 0.2) is 0 Å². The maximum absolute atomic E-state index is 12.2. The van der Waals surface area contributed by atoms with Crippen LogP contribution >= 0.6 is 0 Å².